The zero-order valence-corrected chi connectivity index (χ0v) is 15.7. The molecule has 3 N–H and O–H groups in total. The number of hydrogen-bond donors (Lipinski definition) is 3. The van der Waals surface area contributed by atoms with Crippen LogP contribution in [-0.2, 0) is 25.1 Å². The van der Waals surface area contributed by atoms with Crippen LogP contribution >= 0.6 is 0 Å². The van der Waals surface area contributed by atoms with Gasteiger partial charge in [0.05, 0.1) is 37.9 Å². The van der Waals surface area contributed by atoms with Crippen molar-refractivity contribution < 1.29 is 32.2 Å². The highest BCUT2D eigenvalue weighted by Gasteiger charge is 2.28. The zero-order chi connectivity index (χ0) is 19.5. The van der Waals surface area contributed by atoms with Crippen molar-refractivity contribution in [2.45, 2.75) is 37.0 Å². The van der Waals surface area contributed by atoms with Crippen molar-refractivity contribution in [2.75, 3.05) is 14.2 Å². The van der Waals surface area contributed by atoms with Crippen LogP contribution in [0.5, 0.6) is 0 Å². The average molecular weight is 386 g/mol. The van der Waals surface area contributed by atoms with Gasteiger partial charge < -0.3 is 24.3 Å². The average Bonchev–Trinajstić information content (AvgIpc) is 3.05. The van der Waals surface area contributed by atoms with Gasteiger partial charge in [-0.2, -0.15) is 8.42 Å². The van der Waals surface area contributed by atoms with Crippen molar-refractivity contribution in [3.8, 4) is 0 Å². The minimum absolute atomic E-state index is 0.269. The summed E-state index contributed by atoms with van der Waals surface area (Å²) in [5.41, 5.74) is -1.01. The number of nitrogens with one attached hydrogen (secondary N) is 2. The molecule has 26 heavy (non-hydrogen) atoms. The van der Waals surface area contributed by atoms with E-state index in [1.54, 1.807) is 12.2 Å². The molecular weight excluding hydrogens is 364 g/mol. The number of amides is 2. The first kappa shape index (κ1) is 19.9. The Morgan fingerprint density at radius 1 is 1.31 bits per heavy atom. The number of hydrogen-bond acceptors (Lipinski definition) is 7. The molecule has 1 aliphatic rings. The molecule has 2 amide bonds. The summed E-state index contributed by atoms with van der Waals surface area (Å²) in [7, 11) is -1.30. The van der Waals surface area contributed by atoms with Crippen LogP contribution in [0.3, 0.4) is 0 Å². The molecule has 1 aromatic rings. The summed E-state index contributed by atoms with van der Waals surface area (Å²) < 4.78 is 41.7. The number of rotatable bonds is 6. The summed E-state index contributed by atoms with van der Waals surface area (Å²) in [5, 5.41) is 11.9. The number of aliphatic hydroxyl groups is 1. The van der Waals surface area contributed by atoms with Crippen LogP contribution in [0.15, 0.2) is 45.5 Å². The Kier molecular flexibility index (Phi) is 5.67. The fraction of sp³-hybridized carbons (Fsp3) is 0.438. The highest BCUT2D eigenvalue weighted by Crippen LogP contribution is 2.24. The Bertz CT molecular complexity index is 831. The van der Waals surface area contributed by atoms with Crippen LogP contribution in [0, 0.1) is 0 Å². The molecule has 2 rings (SSSR count). The number of methoxy groups -OCH3 is 2. The van der Waals surface area contributed by atoms with Crippen LogP contribution in [0.2, 0.25) is 0 Å². The van der Waals surface area contributed by atoms with Gasteiger partial charge in [0.2, 0.25) is 5.09 Å². The molecule has 10 heteroatoms. The zero-order valence-electron chi connectivity index (χ0n) is 14.9. The van der Waals surface area contributed by atoms with Crippen LogP contribution in [-0.4, -0.2) is 39.8 Å². The molecule has 0 aromatic carbocycles. The molecule has 0 aliphatic heterocycles. The topological polar surface area (TPSA) is 127 Å². The minimum atomic E-state index is -4.24. The smallest absolute Gasteiger partial charge is 0.329 e. The number of ether oxygens (including phenoxy) is 2. The summed E-state index contributed by atoms with van der Waals surface area (Å²) in [4.78, 5) is 12.1. The molecule has 0 spiro atoms. The van der Waals surface area contributed by atoms with Gasteiger partial charge in [-0.05, 0) is 26.0 Å². The fourth-order valence-corrected chi connectivity index (χ4v) is 3.14. The predicted octanol–water partition coefficient (Wildman–Crippen LogP) is 1.33. The minimum Gasteiger partial charge on any atom is -0.501 e. The van der Waals surface area contributed by atoms with Gasteiger partial charge in [0.15, 0.2) is 0 Å². The van der Waals surface area contributed by atoms with Crippen LogP contribution < -0.4 is 10.0 Å². The normalized spacial score (nSPS) is 17.8. The van der Waals surface area contributed by atoms with Crippen molar-refractivity contribution in [2.24, 2.45) is 0 Å². The second-order valence-electron chi connectivity index (χ2n) is 6.16. The van der Waals surface area contributed by atoms with E-state index >= 15 is 0 Å². The fourth-order valence-electron chi connectivity index (χ4n) is 2.28. The van der Waals surface area contributed by atoms with E-state index in [1.807, 2.05) is 4.72 Å². The molecule has 1 aromatic heterocycles. The predicted molar refractivity (Wildman–Crippen MR) is 91.4 cm³/mol. The monoisotopic (exact) mass is 386 g/mol. The van der Waals surface area contributed by atoms with Crippen molar-refractivity contribution in [1.82, 2.24) is 10.0 Å². The van der Waals surface area contributed by atoms with Crippen molar-refractivity contribution in [3.63, 3.8) is 0 Å². The summed E-state index contributed by atoms with van der Waals surface area (Å²) in [6.07, 6.45) is 4.76. The van der Waals surface area contributed by atoms with E-state index < -0.39 is 32.8 Å². The molecule has 1 heterocycles. The Morgan fingerprint density at radius 2 is 2.00 bits per heavy atom. The molecule has 0 fully saturated rings. The van der Waals surface area contributed by atoms with Crippen molar-refractivity contribution in [1.29, 1.82) is 0 Å². The van der Waals surface area contributed by atoms with E-state index in [4.69, 9.17) is 13.9 Å². The second kappa shape index (κ2) is 7.42. The van der Waals surface area contributed by atoms with Gasteiger partial charge in [-0.15, -0.1) is 0 Å². The first-order valence-corrected chi connectivity index (χ1v) is 9.18. The second-order valence-corrected chi connectivity index (χ2v) is 7.77. The lowest BCUT2D eigenvalue weighted by Gasteiger charge is -2.24. The van der Waals surface area contributed by atoms with Crippen molar-refractivity contribution >= 4 is 16.1 Å². The van der Waals surface area contributed by atoms with E-state index in [9.17, 15) is 18.3 Å². The maximum absolute atomic E-state index is 12.3. The van der Waals surface area contributed by atoms with E-state index in [2.05, 4.69) is 5.32 Å². The highest BCUT2D eigenvalue weighted by atomic mass is 32.2. The summed E-state index contributed by atoms with van der Waals surface area (Å²) in [5.74, 6) is 1.07. The molecule has 0 bridgehead atoms. The van der Waals surface area contributed by atoms with Gasteiger partial charge in [0.1, 0.15) is 5.76 Å². The summed E-state index contributed by atoms with van der Waals surface area (Å²) in [6.45, 7) is 2.97. The van der Waals surface area contributed by atoms with Gasteiger partial charge in [-0.3, -0.25) is 0 Å². The SMILES string of the molecule is COC1=CC=C(OC)C(NC(=O)NS(=O)(=O)c2cc(C(C)(C)O)co2)C1. The molecule has 0 saturated carbocycles. The third-order valence-electron chi connectivity index (χ3n) is 3.76. The maximum atomic E-state index is 12.3. The van der Waals surface area contributed by atoms with E-state index in [1.165, 1.54) is 28.1 Å². The van der Waals surface area contributed by atoms with E-state index in [0.717, 1.165) is 12.3 Å². The highest BCUT2D eigenvalue weighted by molar-refractivity contribution is 7.89. The quantitative estimate of drug-likeness (QED) is 0.673. The third-order valence-corrected chi connectivity index (χ3v) is 4.96. The van der Waals surface area contributed by atoms with Gasteiger partial charge >= 0.3 is 6.03 Å². The molecule has 1 unspecified atom stereocenters. The molecule has 9 nitrogen and oxygen atoms in total. The molecular formula is C16H22N2O7S. The third kappa shape index (κ3) is 4.58. The lowest BCUT2D eigenvalue weighted by molar-refractivity contribution is 0.0779. The van der Waals surface area contributed by atoms with E-state index in [0.29, 0.717) is 17.9 Å². The lowest BCUT2D eigenvalue weighted by Crippen LogP contribution is -2.46. The lowest BCUT2D eigenvalue weighted by atomic mass is 10.0. The number of allylic oxidation sites excluding steroid dienone is 2. The van der Waals surface area contributed by atoms with Gasteiger partial charge in [0.25, 0.3) is 10.0 Å². The molecule has 0 saturated heterocycles. The molecule has 1 aliphatic carbocycles. The first-order valence-electron chi connectivity index (χ1n) is 7.70. The molecule has 144 valence electrons. The largest absolute Gasteiger partial charge is 0.501 e. The van der Waals surface area contributed by atoms with Crippen LogP contribution in [0.1, 0.15) is 25.8 Å². The number of urea groups is 1. The number of carbonyl (C=O) groups is 1. The Morgan fingerprint density at radius 3 is 2.54 bits per heavy atom. The molecule has 1 atom stereocenters. The Hall–Kier alpha value is -2.46. The van der Waals surface area contributed by atoms with Gasteiger partial charge in [0, 0.05) is 18.1 Å². The summed E-state index contributed by atoms with van der Waals surface area (Å²) in [6, 6.07) is -0.377. The number of furan rings is 1. The summed E-state index contributed by atoms with van der Waals surface area (Å²) >= 11 is 0. The van der Waals surface area contributed by atoms with Gasteiger partial charge in [-0.25, -0.2) is 9.52 Å². The standard InChI is InChI=1S/C16H22N2O7S/c1-16(2,20)10-7-14(25-9-10)26(21,22)18-15(19)17-12-8-11(23-3)5-6-13(12)24-4/h5-7,9,12,20H,8H2,1-4H3,(H2,17,18,19). The van der Waals surface area contributed by atoms with Crippen LogP contribution in [0.4, 0.5) is 4.79 Å². The first-order chi connectivity index (χ1) is 12.1. The number of carbonyl (C=O) groups excluding carboxylic acids is 1. The Labute approximate surface area is 151 Å². The van der Waals surface area contributed by atoms with Crippen molar-refractivity contribution in [3.05, 3.63) is 41.6 Å². The number of sulfonamides is 1. The van der Waals surface area contributed by atoms with Crippen LogP contribution in [0.25, 0.3) is 0 Å². The van der Waals surface area contributed by atoms with E-state index in [-0.39, 0.29) is 5.56 Å². The molecule has 0 radical (unpaired) electrons. The maximum Gasteiger partial charge on any atom is 0.329 e. The Balaban J connectivity index is 2.08. The van der Waals surface area contributed by atoms with Gasteiger partial charge in [-0.1, -0.05) is 0 Å².